The molecule has 2 aliphatic heterocycles. The van der Waals surface area contributed by atoms with Crippen LogP contribution in [0.25, 0.3) is 0 Å². The number of carbonyl (C=O) groups is 1. The standard InChI is InChI=1S/C29H45NO3/c1-26(2)23-9-8-19-21-15-22-20(7-6-18(33-22)16-30-14-4-5-25(30)32)27(21,3)12-13-28(19)17-29(23,28)11-10-24(26)31/h18-24,31H,4-17H2,1-3H3/t18?,19?,20?,21?,22?,23?,24-,27?,28-,29?/m0/s1. The molecule has 5 saturated carbocycles. The van der Waals surface area contributed by atoms with E-state index in [9.17, 15) is 9.90 Å². The first-order valence-electron chi connectivity index (χ1n) is 14.3. The number of ether oxygens (including phenoxy) is 1. The number of aliphatic hydroxyl groups excluding tert-OH is 1. The highest BCUT2D eigenvalue weighted by Gasteiger charge is 2.80. The smallest absolute Gasteiger partial charge is 0.222 e. The Morgan fingerprint density at radius 2 is 1.79 bits per heavy atom. The maximum absolute atomic E-state index is 12.2. The molecule has 4 heteroatoms. The summed E-state index contributed by atoms with van der Waals surface area (Å²) in [6.45, 7) is 9.14. The van der Waals surface area contributed by atoms with Crippen LogP contribution in [0.2, 0.25) is 0 Å². The van der Waals surface area contributed by atoms with Gasteiger partial charge in [0.15, 0.2) is 0 Å². The van der Waals surface area contributed by atoms with Crippen molar-refractivity contribution >= 4 is 5.91 Å². The van der Waals surface area contributed by atoms with Crippen LogP contribution in [-0.4, -0.2) is 47.3 Å². The molecular formula is C29H45NO3. The van der Waals surface area contributed by atoms with Crippen LogP contribution in [0.5, 0.6) is 0 Å². The van der Waals surface area contributed by atoms with Crippen molar-refractivity contribution in [2.75, 3.05) is 13.1 Å². The Balaban J connectivity index is 1.12. The van der Waals surface area contributed by atoms with Crippen LogP contribution in [0.15, 0.2) is 0 Å². The molecule has 4 nitrogen and oxygen atoms in total. The lowest BCUT2D eigenvalue weighted by Crippen LogP contribution is -2.54. The summed E-state index contributed by atoms with van der Waals surface area (Å²) in [4.78, 5) is 14.2. The Kier molecular flexibility index (Phi) is 4.45. The fourth-order valence-electron chi connectivity index (χ4n) is 11.6. The van der Waals surface area contributed by atoms with E-state index in [4.69, 9.17) is 4.74 Å². The molecule has 7 fully saturated rings. The molecule has 8 unspecified atom stereocenters. The molecule has 184 valence electrons. The van der Waals surface area contributed by atoms with Gasteiger partial charge in [-0.2, -0.15) is 0 Å². The summed E-state index contributed by atoms with van der Waals surface area (Å²) in [5, 5.41) is 10.8. The fraction of sp³-hybridized carbons (Fsp3) is 0.966. The molecule has 10 atom stereocenters. The maximum atomic E-state index is 12.2. The summed E-state index contributed by atoms with van der Waals surface area (Å²) in [5.74, 6) is 3.49. The third kappa shape index (κ3) is 2.64. The molecule has 0 aromatic rings. The average Bonchev–Trinajstić information content (AvgIpc) is 3.13. The number of hydrogen-bond acceptors (Lipinski definition) is 3. The van der Waals surface area contributed by atoms with Crippen LogP contribution in [0.1, 0.15) is 97.8 Å². The molecule has 0 radical (unpaired) electrons. The van der Waals surface area contributed by atoms with Crippen LogP contribution in [0.3, 0.4) is 0 Å². The summed E-state index contributed by atoms with van der Waals surface area (Å²) in [5.41, 5.74) is 1.65. The Labute approximate surface area is 200 Å². The van der Waals surface area contributed by atoms with Gasteiger partial charge < -0.3 is 14.7 Å². The number of rotatable bonds is 2. The van der Waals surface area contributed by atoms with E-state index in [1.807, 2.05) is 0 Å². The SMILES string of the molecule is CC12CC[C@@]34CC35CC[C@H](O)C(C)(C)C5CCC4C1CC1OC(CN3CCCC3=O)CCC12. The topological polar surface area (TPSA) is 49.8 Å². The van der Waals surface area contributed by atoms with E-state index < -0.39 is 0 Å². The number of aliphatic hydroxyl groups is 1. The van der Waals surface area contributed by atoms with Gasteiger partial charge in [-0.05, 0) is 116 Å². The lowest BCUT2D eigenvalue weighted by Gasteiger charge is -2.59. The van der Waals surface area contributed by atoms with Gasteiger partial charge in [0.05, 0.1) is 18.3 Å². The van der Waals surface area contributed by atoms with Gasteiger partial charge in [0.25, 0.3) is 0 Å². The first-order chi connectivity index (χ1) is 15.7. The van der Waals surface area contributed by atoms with Gasteiger partial charge in [0.2, 0.25) is 5.91 Å². The zero-order valence-corrected chi connectivity index (χ0v) is 21.2. The molecule has 2 heterocycles. The highest BCUT2D eigenvalue weighted by molar-refractivity contribution is 5.78. The molecule has 1 N–H and O–H groups in total. The predicted molar refractivity (Wildman–Crippen MR) is 127 cm³/mol. The van der Waals surface area contributed by atoms with E-state index in [1.165, 1.54) is 51.4 Å². The number of carbonyl (C=O) groups excluding carboxylic acids is 1. The molecular weight excluding hydrogens is 410 g/mol. The summed E-state index contributed by atoms with van der Waals surface area (Å²) in [7, 11) is 0. The van der Waals surface area contributed by atoms with Crippen LogP contribution in [0.4, 0.5) is 0 Å². The van der Waals surface area contributed by atoms with Crippen molar-refractivity contribution in [1.29, 1.82) is 0 Å². The Morgan fingerprint density at radius 3 is 2.58 bits per heavy atom. The second-order valence-corrected chi connectivity index (χ2v) is 14.4. The van der Waals surface area contributed by atoms with Gasteiger partial charge in [-0.15, -0.1) is 0 Å². The second kappa shape index (κ2) is 6.78. The fourth-order valence-corrected chi connectivity index (χ4v) is 11.6. The molecule has 0 bridgehead atoms. The van der Waals surface area contributed by atoms with Crippen molar-refractivity contribution in [3.8, 4) is 0 Å². The number of likely N-dealkylation sites (tertiary alicyclic amines) is 1. The minimum Gasteiger partial charge on any atom is -0.393 e. The zero-order valence-electron chi connectivity index (χ0n) is 21.2. The quantitative estimate of drug-likeness (QED) is 0.624. The number of nitrogens with zero attached hydrogens (tertiary/aromatic N) is 1. The van der Waals surface area contributed by atoms with Gasteiger partial charge in [-0.3, -0.25) is 4.79 Å². The van der Waals surface area contributed by atoms with Gasteiger partial charge in [0, 0.05) is 19.5 Å². The largest absolute Gasteiger partial charge is 0.393 e. The van der Waals surface area contributed by atoms with Crippen molar-refractivity contribution < 1.29 is 14.6 Å². The van der Waals surface area contributed by atoms with Gasteiger partial charge in [-0.25, -0.2) is 0 Å². The van der Waals surface area contributed by atoms with Gasteiger partial charge >= 0.3 is 0 Å². The first kappa shape index (κ1) is 21.7. The third-order valence-electron chi connectivity index (χ3n) is 13.2. The molecule has 7 rings (SSSR count). The molecule has 0 aromatic carbocycles. The van der Waals surface area contributed by atoms with Crippen LogP contribution < -0.4 is 0 Å². The Bertz CT molecular complexity index is 856. The molecule has 33 heavy (non-hydrogen) atoms. The number of amides is 1. The normalized spacial score (nSPS) is 56.4. The van der Waals surface area contributed by atoms with E-state index in [0.717, 1.165) is 62.4 Å². The summed E-state index contributed by atoms with van der Waals surface area (Å²) >= 11 is 0. The van der Waals surface area contributed by atoms with E-state index in [0.29, 0.717) is 28.3 Å². The number of hydrogen-bond donors (Lipinski definition) is 1. The number of fused-ring (bicyclic) bond motifs is 4. The van der Waals surface area contributed by atoms with Crippen molar-refractivity contribution in [2.24, 2.45) is 45.3 Å². The minimum atomic E-state index is -0.113. The first-order valence-corrected chi connectivity index (χ1v) is 14.3. The second-order valence-electron chi connectivity index (χ2n) is 14.4. The highest BCUT2D eigenvalue weighted by Crippen LogP contribution is 2.87. The molecule has 1 amide bonds. The maximum Gasteiger partial charge on any atom is 0.222 e. The summed E-state index contributed by atoms with van der Waals surface area (Å²) in [6, 6.07) is 0. The Morgan fingerprint density at radius 1 is 0.970 bits per heavy atom. The van der Waals surface area contributed by atoms with Crippen LogP contribution in [-0.2, 0) is 9.53 Å². The highest BCUT2D eigenvalue weighted by atomic mass is 16.5. The lowest BCUT2D eigenvalue weighted by atomic mass is 9.46. The lowest BCUT2D eigenvalue weighted by molar-refractivity contribution is -0.138. The minimum absolute atomic E-state index is 0.0838. The summed E-state index contributed by atoms with van der Waals surface area (Å²) < 4.78 is 6.83. The third-order valence-corrected chi connectivity index (χ3v) is 13.2. The van der Waals surface area contributed by atoms with Crippen molar-refractivity contribution in [2.45, 2.75) is 116 Å². The monoisotopic (exact) mass is 455 g/mol. The van der Waals surface area contributed by atoms with Gasteiger partial charge in [0.1, 0.15) is 0 Å². The molecule has 0 aromatic heterocycles. The molecule has 7 aliphatic rings. The van der Waals surface area contributed by atoms with E-state index >= 15 is 0 Å². The van der Waals surface area contributed by atoms with Gasteiger partial charge in [-0.1, -0.05) is 20.8 Å². The van der Waals surface area contributed by atoms with Crippen molar-refractivity contribution in [3.63, 3.8) is 0 Å². The zero-order chi connectivity index (χ0) is 22.8. The predicted octanol–water partition coefficient (Wildman–Crippen LogP) is 5.18. The van der Waals surface area contributed by atoms with Crippen molar-refractivity contribution in [3.05, 3.63) is 0 Å². The van der Waals surface area contributed by atoms with Crippen LogP contribution in [0, 0.1) is 45.3 Å². The van der Waals surface area contributed by atoms with Crippen molar-refractivity contribution in [1.82, 2.24) is 4.90 Å². The molecule has 2 saturated heterocycles. The summed E-state index contributed by atoms with van der Waals surface area (Å²) in [6.07, 6.45) is 15.3. The van der Waals surface area contributed by atoms with E-state index in [-0.39, 0.29) is 17.6 Å². The van der Waals surface area contributed by atoms with E-state index in [1.54, 1.807) is 0 Å². The Hall–Kier alpha value is -0.610. The van der Waals surface area contributed by atoms with E-state index in [2.05, 4.69) is 25.7 Å². The molecule has 5 aliphatic carbocycles. The average molecular weight is 456 g/mol. The molecule has 2 spiro atoms. The van der Waals surface area contributed by atoms with Crippen LogP contribution >= 0.6 is 0 Å².